The number of likely N-dealkylation sites (tertiary alicyclic amines) is 1. The Labute approximate surface area is 133 Å². The summed E-state index contributed by atoms with van der Waals surface area (Å²) >= 11 is 0. The molecule has 5 heterocycles. The molecular weight excluding hydrogens is 292 g/mol. The fourth-order valence-electron chi connectivity index (χ4n) is 4.26. The topological polar surface area (TPSA) is 61.5 Å². The number of hydrogen-bond donors (Lipinski definition) is 1. The van der Waals surface area contributed by atoms with E-state index in [-0.39, 0.29) is 5.91 Å². The van der Waals surface area contributed by atoms with E-state index in [1.54, 1.807) is 7.11 Å². The van der Waals surface area contributed by atoms with Crippen LogP contribution in [0.5, 0.6) is 5.75 Å². The highest BCUT2D eigenvalue weighted by atomic mass is 16.5. The van der Waals surface area contributed by atoms with Gasteiger partial charge in [0.1, 0.15) is 5.75 Å². The summed E-state index contributed by atoms with van der Waals surface area (Å²) in [6.07, 6.45) is 3.33. The normalized spacial score (nSPS) is 25.2. The third kappa shape index (κ3) is 1.75. The van der Waals surface area contributed by atoms with Crippen LogP contribution in [0, 0.1) is 11.8 Å². The van der Waals surface area contributed by atoms with Crippen molar-refractivity contribution in [3.8, 4) is 5.75 Å². The van der Waals surface area contributed by atoms with Gasteiger partial charge in [0.25, 0.3) is 5.91 Å². The smallest absolute Gasteiger partial charge is 0.279 e. The third-order valence-electron chi connectivity index (χ3n) is 5.41. The molecule has 1 N–H and O–H groups in total. The van der Waals surface area contributed by atoms with E-state index in [0.29, 0.717) is 17.5 Å². The standard InChI is InChI=1S/C17H18N4O2/c1-23-11-2-3-14-13(6-11)16(19-18-14)17(22)21-8-10-7-20-5-4-12(10)15(21)9-20/h2-3,6,9-10,12H,4-5,7-8H2,1H3,(H,18,19)/t10-,12-/m0/s1. The van der Waals surface area contributed by atoms with E-state index in [0.717, 1.165) is 42.7 Å². The van der Waals surface area contributed by atoms with Crippen molar-refractivity contribution in [1.82, 2.24) is 20.0 Å². The summed E-state index contributed by atoms with van der Waals surface area (Å²) in [6, 6.07) is 5.64. The lowest BCUT2D eigenvalue weighted by Crippen LogP contribution is -2.40. The molecule has 2 aromatic rings. The number of nitrogens with one attached hydrogen (secondary N) is 1. The lowest BCUT2D eigenvalue weighted by atomic mass is 9.84. The van der Waals surface area contributed by atoms with Crippen LogP contribution >= 0.6 is 0 Å². The Morgan fingerprint density at radius 3 is 3.09 bits per heavy atom. The Morgan fingerprint density at radius 1 is 1.39 bits per heavy atom. The Kier molecular flexibility index (Phi) is 2.54. The third-order valence-corrected chi connectivity index (χ3v) is 5.41. The molecule has 0 aliphatic carbocycles. The highest BCUT2D eigenvalue weighted by molar-refractivity contribution is 6.05. The van der Waals surface area contributed by atoms with Gasteiger partial charge >= 0.3 is 0 Å². The van der Waals surface area contributed by atoms with Crippen LogP contribution in [0.25, 0.3) is 10.9 Å². The van der Waals surface area contributed by atoms with Gasteiger partial charge in [-0.15, -0.1) is 0 Å². The van der Waals surface area contributed by atoms with Gasteiger partial charge in [-0.2, -0.15) is 5.10 Å². The minimum atomic E-state index is -0.00740. The first-order chi connectivity index (χ1) is 11.2. The predicted octanol–water partition coefficient (Wildman–Crippen LogP) is 1.82. The summed E-state index contributed by atoms with van der Waals surface area (Å²) < 4.78 is 5.28. The maximum Gasteiger partial charge on any atom is 0.279 e. The van der Waals surface area contributed by atoms with Crippen molar-refractivity contribution < 1.29 is 9.53 Å². The van der Waals surface area contributed by atoms with E-state index in [9.17, 15) is 4.79 Å². The molecule has 4 aliphatic rings. The van der Waals surface area contributed by atoms with E-state index in [4.69, 9.17) is 4.74 Å². The number of nitrogens with zero attached hydrogens (tertiary/aromatic N) is 3. The number of benzene rings is 1. The molecule has 1 aromatic carbocycles. The van der Waals surface area contributed by atoms with Gasteiger partial charge in [0.15, 0.2) is 5.69 Å². The number of aromatic amines is 1. The van der Waals surface area contributed by atoms with Gasteiger partial charge in [-0.05, 0) is 24.6 Å². The zero-order valence-corrected chi connectivity index (χ0v) is 13.0. The van der Waals surface area contributed by atoms with Crippen molar-refractivity contribution in [1.29, 1.82) is 0 Å². The Morgan fingerprint density at radius 2 is 2.30 bits per heavy atom. The van der Waals surface area contributed by atoms with Crippen molar-refractivity contribution >= 4 is 16.8 Å². The van der Waals surface area contributed by atoms with E-state index >= 15 is 0 Å². The second kappa shape index (κ2) is 4.50. The van der Waals surface area contributed by atoms with Crippen LogP contribution in [-0.2, 0) is 0 Å². The molecular formula is C17H18N4O2. The molecule has 0 saturated carbocycles. The van der Waals surface area contributed by atoms with Crippen LogP contribution in [-0.4, -0.2) is 52.6 Å². The number of H-pyrrole nitrogens is 1. The number of methoxy groups -OCH3 is 1. The fourth-order valence-corrected chi connectivity index (χ4v) is 4.26. The maximum absolute atomic E-state index is 13.1. The number of rotatable bonds is 2. The van der Waals surface area contributed by atoms with Gasteiger partial charge in [0, 0.05) is 48.8 Å². The largest absolute Gasteiger partial charge is 0.497 e. The van der Waals surface area contributed by atoms with E-state index < -0.39 is 0 Å². The molecule has 1 aromatic heterocycles. The van der Waals surface area contributed by atoms with Crippen molar-refractivity contribution in [2.45, 2.75) is 6.42 Å². The average molecular weight is 310 g/mol. The molecule has 4 bridgehead atoms. The first-order valence-electron chi connectivity index (χ1n) is 8.04. The van der Waals surface area contributed by atoms with Gasteiger partial charge < -0.3 is 14.5 Å². The zero-order chi connectivity index (χ0) is 15.6. The summed E-state index contributed by atoms with van der Waals surface area (Å²) in [5, 5.41) is 8.05. The van der Waals surface area contributed by atoms with Gasteiger partial charge in [-0.25, -0.2) is 0 Å². The van der Waals surface area contributed by atoms with E-state index in [1.807, 2.05) is 23.1 Å². The second-order valence-corrected chi connectivity index (χ2v) is 6.60. The molecule has 118 valence electrons. The highest BCUT2D eigenvalue weighted by Gasteiger charge is 2.46. The van der Waals surface area contributed by atoms with E-state index in [2.05, 4.69) is 21.3 Å². The minimum Gasteiger partial charge on any atom is -0.497 e. The molecule has 6 nitrogen and oxygen atoms in total. The number of amides is 1. The molecule has 2 saturated heterocycles. The minimum absolute atomic E-state index is 0.00740. The molecule has 6 heteroatoms. The molecule has 0 unspecified atom stereocenters. The number of carbonyl (C=O) groups is 1. The zero-order valence-electron chi connectivity index (χ0n) is 13.0. The number of carbonyl (C=O) groups excluding carboxylic acids is 1. The Balaban J connectivity index is 1.55. The molecule has 0 radical (unpaired) electrons. The number of aromatic nitrogens is 2. The lowest BCUT2D eigenvalue weighted by molar-refractivity contribution is 0.0816. The van der Waals surface area contributed by atoms with Crippen LogP contribution < -0.4 is 4.74 Å². The number of fused-ring (bicyclic) bond motifs is 2. The molecule has 2 atom stereocenters. The quantitative estimate of drug-likeness (QED) is 0.919. The SMILES string of the molecule is COc1ccc2[nH]nc(C(=O)N3C[C@@H]4CN5C=C3[C@H]4CC5)c2c1. The molecule has 0 spiro atoms. The first-order valence-corrected chi connectivity index (χ1v) is 8.04. The summed E-state index contributed by atoms with van der Waals surface area (Å²) in [5.74, 6) is 1.85. The maximum atomic E-state index is 13.1. The number of hydrogen-bond acceptors (Lipinski definition) is 4. The monoisotopic (exact) mass is 310 g/mol. The summed E-state index contributed by atoms with van der Waals surface area (Å²) in [6.45, 7) is 3.01. The van der Waals surface area contributed by atoms with Gasteiger partial charge in [0.2, 0.25) is 0 Å². The van der Waals surface area contributed by atoms with Crippen LogP contribution in [0.1, 0.15) is 16.9 Å². The van der Waals surface area contributed by atoms with Crippen LogP contribution in [0.15, 0.2) is 30.1 Å². The Bertz CT molecular complexity index is 840. The van der Waals surface area contributed by atoms with E-state index in [1.165, 1.54) is 5.70 Å². The molecule has 6 rings (SSSR count). The summed E-state index contributed by atoms with van der Waals surface area (Å²) in [5.41, 5.74) is 2.52. The van der Waals surface area contributed by atoms with Crippen LogP contribution in [0.4, 0.5) is 0 Å². The van der Waals surface area contributed by atoms with Crippen LogP contribution in [0.2, 0.25) is 0 Å². The average Bonchev–Trinajstić information content (AvgIpc) is 3.13. The molecule has 2 fully saturated rings. The first kappa shape index (κ1) is 13.0. The van der Waals surface area contributed by atoms with Gasteiger partial charge in [0.05, 0.1) is 12.6 Å². The van der Waals surface area contributed by atoms with Crippen molar-refractivity contribution in [2.75, 3.05) is 26.7 Å². The Hall–Kier alpha value is -2.50. The number of ether oxygens (including phenoxy) is 1. The second-order valence-electron chi connectivity index (χ2n) is 6.60. The fraction of sp³-hybridized carbons (Fsp3) is 0.412. The molecule has 1 amide bonds. The van der Waals surface area contributed by atoms with Crippen molar-refractivity contribution in [3.05, 3.63) is 35.8 Å². The molecule has 4 aliphatic heterocycles. The lowest BCUT2D eigenvalue weighted by Gasteiger charge is -2.39. The molecule has 23 heavy (non-hydrogen) atoms. The van der Waals surface area contributed by atoms with Gasteiger partial charge in [-0.3, -0.25) is 9.89 Å². The van der Waals surface area contributed by atoms with Crippen molar-refractivity contribution in [3.63, 3.8) is 0 Å². The van der Waals surface area contributed by atoms with Crippen LogP contribution in [0.3, 0.4) is 0 Å². The summed E-state index contributed by atoms with van der Waals surface area (Å²) in [7, 11) is 1.63. The summed E-state index contributed by atoms with van der Waals surface area (Å²) in [4.78, 5) is 17.4. The van der Waals surface area contributed by atoms with Gasteiger partial charge in [-0.1, -0.05) is 0 Å². The number of allylic oxidation sites excluding steroid dienone is 1. The predicted molar refractivity (Wildman–Crippen MR) is 84.9 cm³/mol. The number of piperidine rings is 1. The van der Waals surface area contributed by atoms with Crippen molar-refractivity contribution in [2.24, 2.45) is 11.8 Å². The highest BCUT2D eigenvalue weighted by Crippen LogP contribution is 2.44.